The Labute approximate surface area is 106 Å². The number of hydrogen-bond donors (Lipinski definition) is 1. The first kappa shape index (κ1) is 12.3. The van der Waals surface area contributed by atoms with Crippen LogP contribution >= 0.6 is 0 Å². The van der Waals surface area contributed by atoms with Crippen molar-refractivity contribution in [3.63, 3.8) is 0 Å². The maximum Gasteiger partial charge on any atom is 0.198 e. The second kappa shape index (κ2) is 4.58. The second-order valence-corrected chi connectivity index (χ2v) is 4.36. The number of hydrogen-bond acceptors (Lipinski definition) is 2. The van der Waals surface area contributed by atoms with E-state index >= 15 is 0 Å². The Morgan fingerprint density at radius 3 is 2.89 bits per heavy atom. The smallest absolute Gasteiger partial charge is 0.198 e. The highest BCUT2D eigenvalue weighted by molar-refractivity contribution is 5.43. The Hall–Kier alpha value is -2.21. The first-order chi connectivity index (χ1) is 8.50. The van der Waals surface area contributed by atoms with E-state index in [2.05, 4.69) is 11.2 Å². The summed E-state index contributed by atoms with van der Waals surface area (Å²) in [6, 6.07) is 6.01. The minimum atomic E-state index is -0.770. The van der Waals surface area contributed by atoms with Gasteiger partial charge in [0, 0.05) is 17.3 Å². The van der Waals surface area contributed by atoms with Gasteiger partial charge >= 0.3 is 0 Å². The molecule has 18 heavy (non-hydrogen) atoms. The summed E-state index contributed by atoms with van der Waals surface area (Å²) in [6.07, 6.45) is 9.05. The molecule has 0 amide bonds. The Balaban J connectivity index is 2.26. The van der Waals surface area contributed by atoms with Crippen LogP contribution in [0.3, 0.4) is 0 Å². The minimum Gasteiger partial charge on any atom is -0.465 e. The second-order valence-electron chi connectivity index (χ2n) is 4.36. The molecule has 1 aromatic rings. The molecule has 2 rings (SSSR count). The predicted octanol–water partition coefficient (Wildman–Crippen LogP) is 2.99. The normalized spacial score (nSPS) is 22.3. The fourth-order valence-corrected chi connectivity index (χ4v) is 1.95. The van der Waals surface area contributed by atoms with Crippen LogP contribution in [0.1, 0.15) is 13.8 Å². The summed E-state index contributed by atoms with van der Waals surface area (Å²) in [5.74, 6) is 2.70. The van der Waals surface area contributed by atoms with Crippen LogP contribution in [0.15, 0.2) is 47.7 Å². The van der Waals surface area contributed by atoms with Crippen molar-refractivity contribution in [3.05, 3.63) is 53.5 Å². The van der Waals surface area contributed by atoms with Gasteiger partial charge in [-0.25, -0.2) is 4.39 Å². The molecule has 1 aliphatic rings. The number of allylic oxidation sites excluding steroid dienone is 3. The highest BCUT2D eigenvalue weighted by atomic mass is 19.1. The lowest BCUT2D eigenvalue weighted by Crippen LogP contribution is -2.46. The molecule has 1 aromatic carbocycles. The average molecular weight is 243 g/mol. The van der Waals surface area contributed by atoms with E-state index in [1.165, 1.54) is 12.1 Å². The third kappa shape index (κ3) is 2.72. The van der Waals surface area contributed by atoms with Gasteiger partial charge in [-0.2, -0.15) is 0 Å². The molecule has 2 nitrogen and oxygen atoms in total. The van der Waals surface area contributed by atoms with Gasteiger partial charge in [0.05, 0.1) is 0 Å². The maximum absolute atomic E-state index is 13.1. The summed E-state index contributed by atoms with van der Waals surface area (Å²) in [5.41, 5.74) is 0.878. The molecule has 0 aliphatic carbocycles. The van der Waals surface area contributed by atoms with E-state index < -0.39 is 5.72 Å². The number of benzene rings is 1. The van der Waals surface area contributed by atoms with Crippen molar-refractivity contribution < 1.29 is 9.13 Å². The van der Waals surface area contributed by atoms with Gasteiger partial charge in [-0.1, -0.05) is 12.0 Å². The Bertz CT molecular complexity index is 568. The zero-order valence-corrected chi connectivity index (χ0v) is 10.3. The summed E-state index contributed by atoms with van der Waals surface area (Å²) in [5, 5.41) is 3.17. The number of dihydropyridines is 1. The molecular weight excluding hydrogens is 229 g/mol. The predicted molar refractivity (Wildman–Crippen MR) is 69.2 cm³/mol. The van der Waals surface area contributed by atoms with E-state index in [-0.39, 0.29) is 5.82 Å². The minimum absolute atomic E-state index is 0.333. The first-order valence-electron chi connectivity index (χ1n) is 5.61. The van der Waals surface area contributed by atoms with Gasteiger partial charge in [0.2, 0.25) is 0 Å². The van der Waals surface area contributed by atoms with E-state index in [9.17, 15) is 4.39 Å². The van der Waals surface area contributed by atoms with Crippen LogP contribution in [-0.2, 0) is 0 Å². The molecule has 1 unspecified atom stereocenters. The van der Waals surface area contributed by atoms with Crippen LogP contribution in [0.4, 0.5) is 4.39 Å². The van der Waals surface area contributed by atoms with Crippen molar-refractivity contribution in [2.24, 2.45) is 0 Å². The third-order valence-corrected chi connectivity index (χ3v) is 2.54. The molecule has 0 saturated heterocycles. The Morgan fingerprint density at radius 2 is 2.22 bits per heavy atom. The lowest BCUT2D eigenvalue weighted by atomic mass is 10.1. The van der Waals surface area contributed by atoms with Crippen LogP contribution < -0.4 is 10.1 Å². The van der Waals surface area contributed by atoms with E-state index in [1.54, 1.807) is 18.2 Å². The van der Waals surface area contributed by atoms with Gasteiger partial charge in [0.1, 0.15) is 11.6 Å². The molecule has 3 heteroatoms. The summed E-state index contributed by atoms with van der Waals surface area (Å²) < 4.78 is 18.9. The van der Waals surface area contributed by atoms with Crippen molar-refractivity contribution in [3.8, 4) is 18.1 Å². The van der Waals surface area contributed by atoms with Crippen LogP contribution in [0.5, 0.6) is 5.75 Å². The highest BCUT2D eigenvalue weighted by Crippen LogP contribution is 2.23. The molecule has 0 aromatic heterocycles. The van der Waals surface area contributed by atoms with Crippen LogP contribution in [0.25, 0.3) is 0 Å². The molecule has 0 saturated carbocycles. The number of terminal acetylenes is 1. The van der Waals surface area contributed by atoms with Crippen LogP contribution in [-0.4, -0.2) is 5.72 Å². The number of nitrogens with one attached hydrogen (secondary N) is 1. The quantitative estimate of drug-likeness (QED) is 0.806. The third-order valence-electron chi connectivity index (χ3n) is 2.54. The van der Waals surface area contributed by atoms with E-state index in [0.29, 0.717) is 5.75 Å². The molecule has 92 valence electrons. The summed E-state index contributed by atoms with van der Waals surface area (Å²) in [7, 11) is 0. The van der Waals surface area contributed by atoms with Crippen molar-refractivity contribution in [1.29, 1.82) is 0 Å². The van der Waals surface area contributed by atoms with Gasteiger partial charge in [-0.05, 0) is 38.1 Å². The van der Waals surface area contributed by atoms with Gasteiger partial charge in [0.15, 0.2) is 5.72 Å². The van der Waals surface area contributed by atoms with Gasteiger partial charge in [-0.15, -0.1) is 6.42 Å². The van der Waals surface area contributed by atoms with Crippen LogP contribution in [0, 0.1) is 18.2 Å². The molecule has 0 bridgehead atoms. The zero-order valence-electron chi connectivity index (χ0n) is 10.3. The highest BCUT2D eigenvalue weighted by Gasteiger charge is 2.26. The Kier molecular flexibility index (Phi) is 3.12. The van der Waals surface area contributed by atoms with Gasteiger partial charge in [0.25, 0.3) is 0 Å². The number of ether oxygens (including phenoxy) is 1. The molecule has 0 spiro atoms. The largest absolute Gasteiger partial charge is 0.465 e. The van der Waals surface area contributed by atoms with E-state index in [4.69, 9.17) is 11.2 Å². The standard InChI is InChI=1S/C15H14FNO/c1-4-12-8-11(2)17-15(3,10-12)18-14-7-5-6-13(16)9-14/h1,5-10,17H,2-3H3. The fraction of sp³-hybridized carbons (Fsp3) is 0.200. The average Bonchev–Trinajstić information content (AvgIpc) is 2.27. The molecule has 1 heterocycles. The van der Waals surface area contributed by atoms with Crippen LogP contribution in [0.2, 0.25) is 0 Å². The fourth-order valence-electron chi connectivity index (χ4n) is 1.95. The Morgan fingerprint density at radius 1 is 1.44 bits per heavy atom. The molecule has 1 N–H and O–H groups in total. The molecule has 1 atom stereocenters. The lowest BCUT2D eigenvalue weighted by Gasteiger charge is -2.32. The molecular formula is C15H14FNO. The zero-order chi connectivity index (χ0) is 13.2. The van der Waals surface area contributed by atoms with Crippen molar-refractivity contribution in [2.45, 2.75) is 19.6 Å². The van der Waals surface area contributed by atoms with E-state index in [0.717, 1.165) is 11.3 Å². The van der Waals surface area contributed by atoms with Crippen molar-refractivity contribution in [2.75, 3.05) is 0 Å². The summed E-state index contributed by atoms with van der Waals surface area (Å²) >= 11 is 0. The summed E-state index contributed by atoms with van der Waals surface area (Å²) in [6.45, 7) is 3.74. The van der Waals surface area contributed by atoms with E-state index in [1.807, 2.05) is 19.9 Å². The SMILES string of the molecule is C#CC1=CC(C)(Oc2cccc(F)c2)NC(C)=C1. The van der Waals surface area contributed by atoms with Gasteiger partial charge < -0.3 is 10.1 Å². The topological polar surface area (TPSA) is 21.3 Å². The molecule has 0 fully saturated rings. The monoisotopic (exact) mass is 243 g/mol. The summed E-state index contributed by atoms with van der Waals surface area (Å²) in [4.78, 5) is 0. The number of halogens is 1. The molecule has 1 aliphatic heterocycles. The first-order valence-corrected chi connectivity index (χ1v) is 5.61. The van der Waals surface area contributed by atoms with Crippen molar-refractivity contribution >= 4 is 0 Å². The molecule has 0 radical (unpaired) electrons. The van der Waals surface area contributed by atoms with Crippen molar-refractivity contribution in [1.82, 2.24) is 5.32 Å². The van der Waals surface area contributed by atoms with Gasteiger partial charge in [-0.3, -0.25) is 0 Å². The number of rotatable bonds is 2. The maximum atomic E-state index is 13.1. The lowest BCUT2D eigenvalue weighted by molar-refractivity contribution is 0.111.